The van der Waals surface area contributed by atoms with Gasteiger partial charge in [0.25, 0.3) is 0 Å². The van der Waals surface area contributed by atoms with Crippen LogP contribution < -0.4 is 0 Å². The maximum absolute atomic E-state index is 11.4. The van der Waals surface area contributed by atoms with Gasteiger partial charge in [-0.25, -0.2) is 8.42 Å². The van der Waals surface area contributed by atoms with E-state index in [9.17, 15) is 8.42 Å². The number of hydrogen-bond donors (Lipinski definition) is 0. The second kappa shape index (κ2) is 6.25. The molecule has 0 radical (unpaired) electrons. The van der Waals surface area contributed by atoms with Crippen LogP contribution >= 0.6 is 11.6 Å². The van der Waals surface area contributed by atoms with Crippen molar-refractivity contribution >= 4 is 21.4 Å². The molecule has 106 valence electrons. The van der Waals surface area contributed by atoms with Crippen LogP contribution in [0.3, 0.4) is 0 Å². The quantitative estimate of drug-likeness (QED) is 0.858. The fourth-order valence-electron chi connectivity index (χ4n) is 2.75. The number of piperidine rings is 1. The fraction of sp³-hybridized carbons (Fsp3) is 0.571. The van der Waals surface area contributed by atoms with Crippen molar-refractivity contribution in [3.8, 4) is 0 Å². The van der Waals surface area contributed by atoms with E-state index in [-0.39, 0.29) is 5.92 Å². The first-order valence-electron chi connectivity index (χ1n) is 6.57. The Morgan fingerprint density at radius 2 is 2.21 bits per heavy atom. The topological polar surface area (TPSA) is 37.4 Å². The van der Waals surface area contributed by atoms with Crippen LogP contribution in [-0.4, -0.2) is 38.4 Å². The van der Waals surface area contributed by atoms with Crippen LogP contribution in [0.5, 0.6) is 0 Å². The Balaban J connectivity index is 1.94. The van der Waals surface area contributed by atoms with E-state index in [0.717, 1.165) is 37.5 Å². The van der Waals surface area contributed by atoms with Gasteiger partial charge < -0.3 is 0 Å². The summed E-state index contributed by atoms with van der Waals surface area (Å²) in [5.74, 6) is 0.571. The molecule has 1 heterocycles. The minimum atomic E-state index is -2.87. The van der Waals surface area contributed by atoms with Crippen molar-refractivity contribution in [1.29, 1.82) is 0 Å². The molecule has 0 aromatic heterocycles. The molecule has 19 heavy (non-hydrogen) atoms. The van der Waals surface area contributed by atoms with Gasteiger partial charge in [-0.15, -0.1) is 0 Å². The van der Waals surface area contributed by atoms with Crippen LogP contribution in [0.4, 0.5) is 0 Å². The summed E-state index contributed by atoms with van der Waals surface area (Å²) in [4.78, 5) is 2.32. The van der Waals surface area contributed by atoms with Crippen molar-refractivity contribution in [1.82, 2.24) is 4.90 Å². The lowest BCUT2D eigenvalue weighted by molar-refractivity contribution is 0.178. The predicted octanol–water partition coefficient (Wildman–Crippen LogP) is 2.60. The summed E-state index contributed by atoms with van der Waals surface area (Å²) in [6.45, 7) is 2.74. The molecule has 1 atom stereocenters. The van der Waals surface area contributed by atoms with Gasteiger partial charge in [0.2, 0.25) is 0 Å². The van der Waals surface area contributed by atoms with Crippen molar-refractivity contribution in [3.63, 3.8) is 0 Å². The highest BCUT2D eigenvalue weighted by Crippen LogP contribution is 2.20. The molecule has 0 saturated carbocycles. The lowest BCUT2D eigenvalue weighted by Crippen LogP contribution is -2.37. The summed E-state index contributed by atoms with van der Waals surface area (Å²) >= 11 is 5.98. The van der Waals surface area contributed by atoms with E-state index in [4.69, 9.17) is 11.6 Å². The van der Waals surface area contributed by atoms with Crippen molar-refractivity contribution in [2.45, 2.75) is 19.4 Å². The third-order valence-electron chi connectivity index (χ3n) is 3.44. The maximum atomic E-state index is 11.4. The van der Waals surface area contributed by atoms with Gasteiger partial charge in [0, 0.05) is 24.4 Å². The first-order valence-corrected chi connectivity index (χ1v) is 9.01. The van der Waals surface area contributed by atoms with Crippen molar-refractivity contribution < 1.29 is 8.42 Å². The van der Waals surface area contributed by atoms with Crippen LogP contribution in [-0.2, 0) is 16.4 Å². The van der Waals surface area contributed by atoms with Gasteiger partial charge in [0.1, 0.15) is 9.84 Å². The average Bonchev–Trinajstić information content (AvgIpc) is 2.27. The van der Waals surface area contributed by atoms with Gasteiger partial charge >= 0.3 is 0 Å². The van der Waals surface area contributed by atoms with Gasteiger partial charge in [-0.1, -0.05) is 23.7 Å². The summed E-state index contributed by atoms with van der Waals surface area (Å²) < 4.78 is 22.7. The molecule has 2 rings (SSSR count). The molecule has 0 spiro atoms. The molecule has 5 heteroatoms. The molecule has 3 nitrogen and oxygen atoms in total. The lowest BCUT2D eigenvalue weighted by atomic mass is 9.99. The van der Waals surface area contributed by atoms with Crippen molar-refractivity contribution in [2.75, 3.05) is 25.1 Å². The molecule has 1 aliphatic heterocycles. The Kier molecular flexibility index (Phi) is 4.87. The van der Waals surface area contributed by atoms with E-state index in [1.54, 1.807) is 0 Å². The van der Waals surface area contributed by atoms with E-state index < -0.39 is 9.84 Å². The summed E-state index contributed by atoms with van der Waals surface area (Å²) in [6, 6.07) is 7.86. The molecule has 1 fully saturated rings. The molecule has 1 aromatic rings. The summed E-state index contributed by atoms with van der Waals surface area (Å²) in [7, 11) is -2.87. The fourth-order valence-corrected chi connectivity index (χ4v) is 4.09. The molecule has 1 aromatic carbocycles. The molecular weight excluding hydrogens is 282 g/mol. The summed E-state index contributed by atoms with van der Waals surface area (Å²) in [5, 5.41) is 0.752. The first-order chi connectivity index (χ1) is 8.92. The Labute approximate surface area is 120 Å². The summed E-state index contributed by atoms with van der Waals surface area (Å²) in [5.41, 5.74) is 1.19. The van der Waals surface area contributed by atoms with Gasteiger partial charge in [-0.2, -0.15) is 0 Å². The van der Waals surface area contributed by atoms with Gasteiger partial charge in [0.15, 0.2) is 0 Å². The molecule has 0 N–H and O–H groups in total. The molecule has 1 aliphatic rings. The molecule has 0 bridgehead atoms. The Bertz CT molecular complexity index is 530. The highest BCUT2D eigenvalue weighted by molar-refractivity contribution is 7.90. The van der Waals surface area contributed by atoms with E-state index in [2.05, 4.69) is 11.0 Å². The van der Waals surface area contributed by atoms with Gasteiger partial charge in [0.05, 0.1) is 5.75 Å². The van der Waals surface area contributed by atoms with Crippen LogP contribution in [0.2, 0.25) is 5.02 Å². The largest absolute Gasteiger partial charge is 0.299 e. The minimum absolute atomic E-state index is 0.267. The number of hydrogen-bond acceptors (Lipinski definition) is 3. The monoisotopic (exact) mass is 301 g/mol. The normalized spacial score (nSPS) is 21.5. The Morgan fingerprint density at radius 1 is 1.42 bits per heavy atom. The zero-order valence-corrected chi connectivity index (χ0v) is 12.8. The summed E-state index contributed by atoms with van der Waals surface area (Å²) in [6.07, 6.45) is 3.41. The second-order valence-corrected chi connectivity index (χ2v) is 8.09. The van der Waals surface area contributed by atoms with E-state index in [0.29, 0.717) is 5.75 Å². The van der Waals surface area contributed by atoms with E-state index >= 15 is 0 Å². The van der Waals surface area contributed by atoms with E-state index in [1.165, 1.54) is 11.8 Å². The van der Waals surface area contributed by atoms with Crippen LogP contribution in [0.15, 0.2) is 24.3 Å². The molecule has 0 aliphatic carbocycles. The third-order valence-corrected chi connectivity index (χ3v) is 4.75. The van der Waals surface area contributed by atoms with Crippen LogP contribution in [0.25, 0.3) is 0 Å². The SMILES string of the molecule is CS(=O)(=O)C[C@H]1CCCN(Cc2cccc(Cl)c2)C1. The number of sulfone groups is 1. The van der Waals surface area contributed by atoms with Crippen molar-refractivity contribution in [2.24, 2.45) is 5.92 Å². The highest BCUT2D eigenvalue weighted by Gasteiger charge is 2.23. The first kappa shape index (κ1) is 14.8. The zero-order chi connectivity index (χ0) is 13.9. The zero-order valence-electron chi connectivity index (χ0n) is 11.2. The standard InChI is InChI=1S/C14H20ClNO2S/c1-19(17,18)11-13-5-3-7-16(10-13)9-12-4-2-6-14(15)8-12/h2,4,6,8,13H,3,5,7,9-11H2,1H3/t13-/m0/s1. The smallest absolute Gasteiger partial charge is 0.147 e. The van der Waals surface area contributed by atoms with Gasteiger partial charge in [-0.3, -0.25) is 4.90 Å². The molecule has 0 amide bonds. The number of likely N-dealkylation sites (tertiary alicyclic amines) is 1. The molecule has 0 unspecified atom stereocenters. The number of nitrogens with zero attached hydrogens (tertiary/aromatic N) is 1. The third kappa shape index (κ3) is 5.13. The molecular formula is C14H20ClNO2S. The Hall–Kier alpha value is -0.580. The van der Waals surface area contributed by atoms with Crippen LogP contribution in [0, 0.1) is 5.92 Å². The Morgan fingerprint density at radius 3 is 2.89 bits per heavy atom. The predicted molar refractivity (Wildman–Crippen MR) is 79.2 cm³/mol. The van der Waals surface area contributed by atoms with Crippen molar-refractivity contribution in [3.05, 3.63) is 34.9 Å². The molecule has 1 saturated heterocycles. The highest BCUT2D eigenvalue weighted by atomic mass is 35.5. The number of benzene rings is 1. The number of rotatable bonds is 4. The van der Waals surface area contributed by atoms with Gasteiger partial charge in [-0.05, 0) is 43.0 Å². The second-order valence-electron chi connectivity index (χ2n) is 5.47. The van der Waals surface area contributed by atoms with E-state index in [1.807, 2.05) is 18.2 Å². The average molecular weight is 302 g/mol. The maximum Gasteiger partial charge on any atom is 0.147 e. The number of halogens is 1. The van der Waals surface area contributed by atoms with Crippen LogP contribution in [0.1, 0.15) is 18.4 Å². The minimum Gasteiger partial charge on any atom is -0.299 e. The lowest BCUT2D eigenvalue weighted by Gasteiger charge is -2.32.